The van der Waals surface area contributed by atoms with Crippen LogP contribution in [0.2, 0.25) is 10.2 Å². The molecule has 1 atom stereocenters. The van der Waals surface area contributed by atoms with E-state index in [9.17, 15) is 5.26 Å². The highest BCUT2D eigenvalue weighted by molar-refractivity contribution is 6.36. The van der Waals surface area contributed by atoms with Crippen LogP contribution in [0.5, 0.6) is 0 Å². The largest absolute Gasteiger partial charge is 0.383 e. The van der Waals surface area contributed by atoms with Gasteiger partial charge in [-0.2, -0.15) is 5.26 Å². The van der Waals surface area contributed by atoms with Gasteiger partial charge in [-0.15, -0.1) is 0 Å². The van der Waals surface area contributed by atoms with Crippen molar-refractivity contribution in [2.45, 2.75) is 63.6 Å². The van der Waals surface area contributed by atoms with Crippen molar-refractivity contribution in [3.63, 3.8) is 0 Å². The van der Waals surface area contributed by atoms with Gasteiger partial charge in [0.1, 0.15) is 11.0 Å². The minimum Gasteiger partial charge on any atom is -0.383 e. The molecule has 0 spiro atoms. The number of hydrogen-bond donors (Lipinski definition) is 3. The van der Waals surface area contributed by atoms with Gasteiger partial charge < -0.3 is 20.7 Å². The third-order valence-electron chi connectivity index (χ3n) is 6.72. The van der Waals surface area contributed by atoms with Crippen molar-refractivity contribution >= 4 is 34.7 Å². The number of nitriles is 1. The Labute approximate surface area is 211 Å². The normalized spacial score (nSPS) is 22.0. The van der Waals surface area contributed by atoms with Crippen molar-refractivity contribution in [1.29, 1.82) is 5.26 Å². The molecule has 9 heteroatoms. The maximum Gasteiger partial charge on any atom is 0.137 e. The molecule has 2 saturated carbocycles. The second-order valence-electron chi connectivity index (χ2n) is 9.57. The second kappa shape index (κ2) is 11.1. The van der Waals surface area contributed by atoms with Gasteiger partial charge in [0.15, 0.2) is 0 Å². The van der Waals surface area contributed by atoms with Crippen LogP contribution < -0.4 is 16.0 Å². The lowest BCUT2D eigenvalue weighted by atomic mass is 9.90. The molecule has 3 N–H and O–H groups in total. The summed E-state index contributed by atoms with van der Waals surface area (Å²) in [7, 11) is 1.74. The minimum absolute atomic E-state index is 0.248. The van der Waals surface area contributed by atoms with Crippen molar-refractivity contribution in [2.75, 3.05) is 30.9 Å². The summed E-state index contributed by atoms with van der Waals surface area (Å²) in [6, 6.07) is 7.52. The monoisotopic (exact) mass is 502 g/mol. The summed E-state index contributed by atoms with van der Waals surface area (Å²) >= 11 is 13.0. The lowest BCUT2D eigenvalue weighted by molar-refractivity contribution is 0.161. The van der Waals surface area contributed by atoms with E-state index in [4.69, 9.17) is 27.9 Å². The molecular weight excluding hydrogens is 471 g/mol. The van der Waals surface area contributed by atoms with Crippen LogP contribution in [0.1, 0.15) is 45.4 Å². The van der Waals surface area contributed by atoms with Gasteiger partial charge in [-0.25, -0.2) is 9.97 Å². The van der Waals surface area contributed by atoms with Gasteiger partial charge in [-0.05, 0) is 57.6 Å². The Balaban J connectivity index is 1.41. The fourth-order valence-electron chi connectivity index (χ4n) is 4.52. The third-order valence-corrected chi connectivity index (χ3v) is 7.32. The van der Waals surface area contributed by atoms with Crippen LogP contribution in [0.4, 0.5) is 11.5 Å². The van der Waals surface area contributed by atoms with Crippen molar-refractivity contribution in [1.82, 2.24) is 15.3 Å². The summed E-state index contributed by atoms with van der Waals surface area (Å²) in [6.45, 7) is 3.49. The zero-order valence-corrected chi connectivity index (χ0v) is 21.2. The summed E-state index contributed by atoms with van der Waals surface area (Å²) in [5.41, 5.74) is 2.09. The molecular formula is C25H32Cl2N6O. The lowest BCUT2D eigenvalue weighted by Gasteiger charge is -2.32. The van der Waals surface area contributed by atoms with E-state index in [2.05, 4.69) is 38.9 Å². The Morgan fingerprint density at radius 2 is 1.85 bits per heavy atom. The van der Waals surface area contributed by atoms with E-state index < -0.39 is 0 Å². The van der Waals surface area contributed by atoms with Crippen molar-refractivity contribution in [2.24, 2.45) is 5.41 Å². The Hall–Kier alpha value is -2.11. The van der Waals surface area contributed by atoms with Gasteiger partial charge >= 0.3 is 0 Å². The average molecular weight is 503 g/mol. The van der Waals surface area contributed by atoms with E-state index in [0.717, 1.165) is 67.8 Å². The average Bonchev–Trinajstić information content (AvgIpc) is 3.62. The molecule has 2 heterocycles. The first-order valence-corrected chi connectivity index (χ1v) is 12.6. The fourth-order valence-corrected chi connectivity index (χ4v) is 4.93. The molecule has 0 radical (unpaired) electrons. The van der Waals surface area contributed by atoms with Gasteiger partial charge in [-0.3, -0.25) is 0 Å². The minimum atomic E-state index is -0.248. The number of pyridine rings is 2. The zero-order valence-electron chi connectivity index (χ0n) is 19.7. The van der Waals surface area contributed by atoms with Crippen LogP contribution >= 0.6 is 23.2 Å². The van der Waals surface area contributed by atoms with Crippen LogP contribution in [0, 0.1) is 16.7 Å². The highest BCUT2D eigenvalue weighted by Gasteiger charge is 2.42. The molecule has 2 aromatic rings. The summed E-state index contributed by atoms with van der Waals surface area (Å²) in [4.78, 5) is 8.84. The number of nitrogens with zero attached hydrogens (tertiary/aromatic N) is 3. The van der Waals surface area contributed by atoms with Crippen LogP contribution in [-0.4, -0.2) is 48.4 Å². The Kier molecular flexibility index (Phi) is 8.15. The second-order valence-corrected chi connectivity index (χ2v) is 10.3. The molecule has 0 aromatic carbocycles. The SMILES string of the molecule is COC[C@H](C)NC1CCC(Nc2cc(-c3cc(NCC4(C#N)CC4)cnc3Cl)c(Cl)cn2)CC1. The number of rotatable bonds is 10. The first-order valence-electron chi connectivity index (χ1n) is 11.9. The molecule has 4 rings (SSSR count). The van der Waals surface area contributed by atoms with E-state index in [1.165, 1.54) is 0 Å². The summed E-state index contributed by atoms with van der Waals surface area (Å²) in [5, 5.41) is 20.8. The first kappa shape index (κ1) is 25.0. The molecule has 2 fully saturated rings. The summed E-state index contributed by atoms with van der Waals surface area (Å²) < 4.78 is 5.23. The molecule has 0 unspecified atom stereocenters. The predicted molar refractivity (Wildman–Crippen MR) is 137 cm³/mol. The van der Waals surface area contributed by atoms with Gasteiger partial charge in [0, 0.05) is 49.1 Å². The molecule has 0 aliphatic heterocycles. The Morgan fingerprint density at radius 1 is 1.12 bits per heavy atom. The van der Waals surface area contributed by atoms with E-state index in [0.29, 0.717) is 34.8 Å². The molecule has 2 aliphatic rings. The van der Waals surface area contributed by atoms with Crippen LogP contribution in [0.3, 0.4) is 0 Å². The fraction of sp³-hybridized carbons (Fsp3) is 0.560. The quantitative estimate of drug-likeness (QED) is 0.368. The van der Waals surface area contributed by atoms with Gasteiger partial charge in [0.05, 0.1) is 35.0 Å². The molecule has 0 amide bonds. The maximum atomic E-state index is 9.32. The molecule has 34 heavy (non-hydrogen) atoms. The number of methoxy groups -OCH3 is 1. The zero-order chi connectivity index (χ0) is 24.1. The van der Waals surface area contributed by atoms with Crippen LogP contribution in [0.25, 0.3) is 11.1 Å². The molecule has 0 bridgehead atoms. The van der Waals surface area contributed by atoms with Crippen molar-refractivity contribution in [3.05, 3.63) is 34.7 Å². The topological polar surface area (TPSA) is 94.9 Å². The number of nitrogens with one attached hydrogen (secondary N) is 3. The smallest absolute Gasteiger partial charge is 0.137 e. The number of anilines is 2. The summed E-state index contributed by atoms with van der Waals surface area (Å²) in [6.07, 6.45) is 9.57. The molecule has 2 aliphatic carbocycles. The number of ether oxygens (including phenoxy) is 1. The van der Waals surface area contributed by atoms with Crippen molar-refractivity contribution < 1.29 is 4.74 Å². The van der Waals surface area contributed by atoms with Gasteiger partial charge in [0.25, 0.3) is 0 Å². The Bertz CT molecular complexity index is 1030. The van der Waals surface area contributed by atoms with Gasteiger partial charge in [0.2, 0.25) is 0 Å². The summed E-state index contributed by atoms with van der Waals surface area (Å²) in [5.74, 6) is 0.777. The Morgan fingerprint density at radius 3 is 2.53 bits per heavy atom. The predicted octanol–water partition coefficient (Wildman–Crippen LogP) is 5.51. The highest BCUT2D eigenvalue weighted by atomic mass is 35.5. The third kappa shape index (κ3) is 6.31. The van der Waals surface area contributed by atoms with E-state index in [1.54, 1.807) is 19.5 Å². The highest BCUT2D eigenvalue weighted by Crippen LogP contribution is 2.45. The van der Waals surface area contributed by atoms with Crippen molar-refractivity contribution in [3.8, 4) is 17.2 Å². The van der Waals surface area contributed by atoms with Crippen LogP contribution in [-0.2, 0) is 4.74 Å². The van der Waals surface area contributed by atoms with Gasteiger partial charge in [-0.1, -0.05) is 23.2 Å². The first-order chi connectivity index (χ1) is 16.4. The molecule has 0 saturated heterocycles. The number of hydrogen-bond acceptors (Lipinski definition) is 7. The van der Waals surface area contributed by atoms with E-state index >= 15 is 0 Å². The molecule has 2 aromatic heterocycles. The lowest BCUT2D eigenvalue weighted by Crippen LogP contribution is -2.42. The number of aromatic nitrogens is 2. The maximum absolute atomic E-state index is 9.32. The molecule has 182 valence electrons. The van der Waals surface area contributed by atoms with E-state index in [-0.39, 0.29) is 5.41 Å². The number of halogens is 2. The van der Waals surface area contributed by atoms with Crippen LogP contribution in [0.15, 0.2) is 24.5 Å². The van der Waals surface area contributed by atoms with E-state index in [1.807, 2.05) is 12.1 Å². The molecule has 7 nitrogen and oxygen atoms in total. The standard InChI is InChI=1S/C25H32Cl2N6O/c1-16(13-34-2)32-17-3-5-18(6-4-17)33-23-10-20(22(26)12-29-23)21-9-19(11-30-24(21)27)31-15-25(14-28)7-8-25/h9-12,16-18,31-32H,3-8,13,15H2,1-2H3,(H,29,33)/t16-,17?,18?/m0/s1.